The Morgan fingerprint density at radius 1 is 1.19 bits per heavy atom. The summed E-state index contributed by atoms with van der Waals surface area (Å²) in [6.07, 6.45) is 1.12. The van der Waals surface area contributed by atoms with E-state index in [0.717, 1.165) is 0 Å². The molecule has 0 saturated carbocycles. The highest BCUT2D eigenvalue weighted by atomic mass is 32.1. The molecule has 0 unspecified atom stereocenters. The van der Waals surface area contributed by atoms with Gasteiger partial charge in [-0.3, -0.25) is 4.79 Å². The molecule has 0 aliphatic heterocycles. The van der Waals surface area contributed by atoms with Crippen LogP contribution in [0.4, 0.5) is 5.69 Å². The number of carbonyl (C=O) groups excluding carboxylic acids is 2. The molecule has 0 saturated heterocycles. The fourth-order valence-electron chi connectivity index (χ4n) is 2.04. The summed E-state index contributed by atoms with van der Waals surface area (Å²) in [5, 5.41) is 2.00. The quantitative estimate of drug-likeness (QED) is 0.797. The monoisotopic (exact) mass is 303 g/mol. The van der Waals surface area contributed by atoms with Gasteiger partial charge in [0.15, 0.2) is 0 Å². The molecule has 5 heteroatoms. The third-order valence-corrected chi connectivity index (χ3v) is 4.15. The van der Waals surface area contributed by atoms with E-state index in [1.807, 2.05) is 17.5 Å². The minimum atomic E-state index is -0.441. The average molecular weight is 303 g/mol. The Hall–Kier alpha value is -2.14. The fourth-order valence-corrected chi connectivity index (χ4v) is 2.74. The summed E-state index contributed by atoms with van der Waals surface area (Å²) in [7, 11) is 3.01. The Labute approximate surface area is 128 Å². The van der Waals surface area contributed by atoms with Gasteiger partial charge in [0.2, 0.25) is 5.91 Å². The average Bonchev–Trinajstić information content (AvgIpc) is 3.04. The number of esters is 1. The van der Waals surface area contributed by atoms with Gasteiger partial charge in [0.05, 0.1) is 18.4 Å². The lowest BCUT2D eigenvalue weighted by Crippen LogP contribution is -2.28. The summed E-state index contributed by atoms with van der Waals surface area (Å²) < 4.78 is 4.75. The van der Waals surface area contributed by atoms with E-state index in [9.17, 15) is 9.59 Å². The van der Waals surface area contributed by atoms with Crippen molar-refractivity contribution in [2.24, 2.45) is 0 Å². The number of para-hydroxylation sites is 1. The van der Waals surface area contributed by atoms with E-state index in [1.165, 1.54) is 16.9 Å². The Balaban J connectivity index is 2.10. The standard InChI is InChI=1S/C16H17NO3S/c1-17(15(18)10-9-12-6-5-11-21-12)14-8-4-3-7-13(14)16(19)20-2/h3-8,11H,9-10H2,1-2H3. The molecule has 2 rings (SSSR count). The number of anilines is 1. The zero-order valence-electron chi connectivity index (χ0n) is 12.0. The first-order valence-electron chi connectivity index (χ1n) is 6.59. The van der Waals surface area contributed by atoms with Crippen molar-refractivity contribution >= 4 is 28.9 Å². The summed E-state index contributed by atoms with van der Waals surface area (Å²) in [4.78, 5) is 26.7. The Kier molecular flexibility index (Phi) is 5.11. The zero-order chi connectivity index (χ0) is 15.2. The molecule has 0 atom stereocenters. The Bertz CT molecular complexity index is 622. The minimum Gasteiger partial charge on any atom is -0.465 e. The van der Waals surface area contributed by atoms with Gasteiger partial charge in [0.25, 0.3) is 0 Å². The van der Waals surface area contributed by atoms with E-state index < -0.39 is 5.97 Å². The number of hydrogen-bond acceptors (Lipinski definition) is 4. The maximum Gasteiger partial charge on any atom is 0.339 e. The largest absolute Gasteiger partial charge is 0.465 e. The Morgan fingerprint density at radius 2 is 1.95 bits per heavy atom. The third kappa shape index (κ3) is 3.70. The van der Waals surface area contributed by atoms with Gasteiger partial charge in [-0.15, -0.1) is 11.3 Å². The van der Waals surface area contributed by atoms with Crippen LogP contribution in [0.2, 0.25) is 0 Å². The number of nitrogens with zero attached hydrogens (tertiary/aromatic N) is 1. The number of hydrogen-bond donors (Lipinski definition) is 0. The van der Waals surface area contributed by atoms with Gasteiger partial charge in [-0.1, -0.05) is 18.2 Å². The predicted octanol–water partition coefficient (Wildman–Crippen LogP) is 3.13. The lowest BCUT2D eigenvalue weighted by Gasteiger charge is -2.19. The lowest BCUT2D eigenvalue weighted by molar-refractivity contribution is -0.118. The van der Waals surface area contributed by atoms with E-state index in [0.29, 0.717) is 24.1 Å². The summed E-state index contributed by atoms with van der Waals surface area (Å²) >= 11 is 1.64. The third-order valence-electron chi connectivity index (χ3n) is 3.21. The van der Waals surface area contributed by atoms with Crippen molar-refractivity contribution in [1.82, 2.24) is 0 Å². The van der Waals surface area contributed by atoms with Crippen LogP contribution in [-0.2, 0) is 16.0 Å². The van der Waals surface area contributed by atoms with Crippen LogP contribution in [0.1, 0.15) is 21.7 Å². The molecule has 21 heavy (non-hydrogen) atoms. The molecular weight excluding hydrogens is 286 g/mol. The number of amides is 1. The van der Waals surface area contributed by atoms with E-state index in [-0.39, 0.29) is 5.91 Å². The number of aryl methyl sites for hydroxylation is 1. The molecule has 0 spiro atoms. The smallest absolute Gasteiger partial charge is 0.339 e. The zero-order valence-corrected chi connectivity index (χ0v) is 12.9. The lowest BCUT2D eigenvalue weighted by atomic mass is 10.1. The van der Waals surface area contributed by atoms with E-state index in [1.54, 1.807) is 42.6 Å². The molecule has 0 fully saturated rings. The normalized spacial score (nSPS) is 10.2. The van der Waals surface area contributed by atoms with Gasteiger partial charge in [0, 0.05) is 18.3 Å². The number of methoxy groups -OCH3 is 1. The first-order valence-corrected chi connectivity index (χ1v) is 7.47. The Morgan fingerprint density at radius 3 is 2.62 bits per heavy atom. The van der Waals surface area contributed by atoms with Crippen LogP contribution in [0.25, 0.3) is 0 Å². The van der Waals surface area contributed by atoms with Crippen LogP contribution in [0.15, 0.2) is 41.8 Å². The van der Waals surface area contributed by atoms with Crippen LogP contribution >= 0.6 is 11.3 Å². The van der Waals surface area contributed by atoms with Crippen molar-refractivity contribution in [2.75, 3.05) is 19.1 Å². The van der Waals surface area contributed by atoms with Crippen LogP contribution in [0.5, 0.6) is 0 Å². The molecule has 0 N–H and O–H groups in total. The fraction of sp³-hybridized carbons (Fsp3) is 0.250. The molecule has 1 aromatic heterocycles. The van der Waals surface area contributed by atoms with Gasteiger partial charge in [-0.2, -0.15) is 0 Å². The predicted molar refractivity (Wildman–Crippen MR) is 83.8 cm³/mol. The highest BCUT2D eigenvalue weighted by Crippen LogP contribution is 2.21. The second-order valence-electron chi connectivity index (χ2n) is 4.54. The van der Waals surface area contributed by atoms with Crippen molar-refractivity contribution in [3.63, 3.8) is 0 Å². The molecule has 4 nitrogen and oxygen atoms in total. The molecule has 1 amide bonds. The van der Waals surface area contributed by atoms with E-state index in [4.69, 9.17) is 4.74 Å². The summed E-state index contributed by atoms with van der Waals surface area (Å²) in [6, 6.07) is 10.9. The highest BCUT2D eigenvalue weighted by molar-refractivity contribution is 7.09. The SMILES string of the molecule is COC(=O)c1ccccc1N(C)C(=O)CCc1cccs1. The van der Waals surface area contributed by atoms with E-state index >= 15 is 0 Å². The van der Waals surface area contributed by atoms with E-state index in [2.05, 4.69) is 0 Å². The minimum absolute atomic E-state index is 0.0280. The molecule has 0 radical (unpaired) electrons. The molecule has 0 bridgehead atoms. The van der Waals surface area contributed by atoms with Gasteiger partial charge in [0.1, 0.15) is 0 Å². The van der Waals surface area contributed by atoms with Crippen LogP contribution in [0.3, 0.4) is 0 Å². The van der Waals surface area contributed by atoms with Crippen molar-refractivity contribution < 1.29 is 14.3 Å². The van der Waals surface area contributed by atoms with Crippen LogP contribution < -0.4 is 4.90 Å². The number of ether oxygens (including phenoxy) is 1. The summed E-state index contributed by atoms with van der Waals surface area (Å²) in [5.41, 5.74) is 0.965. The number of benzene rings is 1. The molecule has 110 valence electrons. The first kappa shape index (κ1) is 15.3. The van der Waals surface area contributed by atoms with Gasteiger partial charge >= 0.3 is 5.97 Å². The van der Waals surface area contributed by atoms with Crippen LogP contribution in [0, 0.1) is 0 Å². The van der Waals surface area contributed by atoms with Crippen molar-refractivity contribution in [1.29, 1.82) is 0 Å². The summed E-state index contributed by atoms with van der Waals surface area (Å²) in [6.45, 7) is 0. The number of carbonyl (C=O) groups is 2. The molecule has 0 aliphatic carbocycles. The van der Waals surface area contributed by atoms with Gasteiger partial charge in [-0.05, 0) is 30.0 Å². The second kappa shape index (κ2) is 7.04. The van der Waals surface area contributed by atoms with Crippen molar-refractivity contribution in [3.8, 4) is 0 Å². The van der Waals surface area contributed by atoms with Gasteiger partial charge < -0.3 is 9.64 Å². The van der Waals surface area contributed by atoms with Crippen molar-refractivity contribution in [3.05, 3.63) is 52.2 Å². The molecule has 1 aromatic carbocycles. The van der Waals surface area contributed by atoms with Gasteiger partial charge in [-0.25, -0.2) is 4.79 Å². The first-order chi connectivity index (χ1) is 10.1. The second-order valence-corrected chi connectivity index (χ2v) is 5.57. The maximum atomic E-state index is 12.3. The summed E-state index contributed by atoms with van der Waals surface area (Å²) in [5.74, 6) is -0.469. The molecule has 1 heterocycles. The number of rotatable bonds is 5. The molecular formula is C16H17NO3S. The highest BCUT2D eigenvalue weighted by Gasteiger charge is 2.18. The maximum absolute atomic E-state index is 12.3. The molecule has 2 aromatic rings. The van der Waals surface area contributed by atoms with Crippen molar-refractivity contribution in [2.45, 2.75) is 12.8 Å². The number of thiophene rings is 1. The molecule has 0 aliphatic rings. The van der Waals surface area contributed by atoms with Crippen LogP contribution in [-0.4, -0.2) is 26.0 Å². The topological polar surface area (TPSA) is 46.6 Å².